The van der Waals surface area contributed by atoms with Crippen LogP contribution in [0.2, 0.25) is 0 Å². The molecule has 84 valence electrons. The highest BCUT2D eigenvalue weighted by Gasteiger charge is 1.99. The van der Waals surface area contributed by atoms with Crippen LogP contribution in [-0.2, 0) is 0 Å². The normalized spacial score (nSPS) is 10.7. The minimum atomic E-state index is 0.712. The van der Waals surface area contributed by atoms with E-state index in [0.29, 0.717) is 5.92 Å². The molecule has 0 saturated carbocycles. The van der Waals surface area contributed by atoms with Gasteiger partial charge in [-0.15, -0.1) is 11.8 Å². The van der Waals surface area contributed by atoms with E-state index in [9.17, 15) is 0 Å². The molecule has 1 aromatic heterocycles. The SMILES string of the molecule is CCCNc1cccc(SCC(C)C)n1. The fraction of sp³-hybridized carbons (Fsp3) is 0.583. The molecule has 0 fully saturated rings. The lowest BCUT2D eigenvalue weighted by Crippen LogP contribution is -2.02. The van der Waals surface area contributed by atoms with Gasteiger partial charge >= 0.3 is 0 Å². The molecule has 1 heterocycles. The number of nitrogens with one attached hydrogen (secondary N) is 1. The summed E-state index contributed by atoms with van der Waals surface area (Å²) in [7, 11) is 0. The van der Waals surface area contributed by atoms with Gasteiger partial charge in [-0.25, -0.2) is 4.98 Å². The molecule has 0 aromatic carbocycles. The van der Waals surface area contributed by atoms with E-state index in [1.54, 1.807) is 0 Å². The van der Waals surface area contributed by atoms with Gasteiger partial charge in [-0.2, -0.15) is 0 Å². The first-order valence-electron chi connectivity index (χ1n) is 5.56. The van der Waals surface area contributed by atoms with Gasteiger partial charge in [0.05, 0.1) is 5.03 Å². The van der Waals surface area contributed by atoms with Crippen LogP contribution in [0.25, 0.3) is 0 Å². The summed E-state index contributed by atoms with van der Waals surface area (Å²) in [6.45, 7) is 7.61. The van der Waals surface area contributed by atoms with Crippen molar-refractivity contribution in [2.24, 2.45) is 5.92 Å². The number of anilines is 1. The first-order valence-corrected chi connectivity index (χ1v) is 6.54. The second kappa shape index (κ2) is 6.72. The van der Waals surface area contributed by atoms with E-state index >= 15 is 0 Å². The molecule has 0 unspecified atom stereocenters. The molecule has 0 aliphatic rings. The van der Waals surface area contributed by atoms with Crippen molar-refractivity contribution in [2.45, 2.75) is 32.2 Å². The van der Waals surface area contributed by atoms with Crippen LogP contribution in [0.3, 0.4) is 0 Å². The summed E-state index contributed by atoms with van der Waals surface area (Å²) in [5, 5.41) is 4.41. The number of aromatic nitrogens is 1. The highest BCUT2D eigenvalue weighted by Crippen LogP contribution is 2.19. The minimum absolute atomic E-state index is 0.712. The standard InChI is InChI=1S/C12H20N2S/c1-4-8-13-11-6-5-7-12(14-11)15-9-10(2)3/h5-7,10H,4,8-9H2,1-3H3,(H,13,14). The van der Waals surface area contributed by atoms with Crippen molar-refractivity contribution in [3.63, 3.8) is 0 Å². The van der Waals surface area contributed by atoms with Crippen LogP contribution in [0.4, 0.5) is 5.82 Å². The predicted molar refractivity (Wildman–Crippen MR) is 68.6 cm³/mol. The quantitative estimate of drug-likeness (QED) is 0.747. The van der Waals surface area contributed by atoms with Crippen molar-refractivity contribution < 1.29 is 0 Å². The molecule has 1 aromatic rings. The Labute approximate surface area is 96.9 Å². The van der Waals surface area contributed by atoms with Crippen LogP contribution in [0.1, 0.15) is 27.2 Å². The number of pyridine rings is 1. The second-order valence-electron chi connectivity index (χ2n) is 3.99. The Balaban J connectivity index is 2.50. The van der Waals surface area contributed by atoms with E-state index < -0.39 is 0 Å². The molecule has 0 amide bonds. The summed E-state index contributed by atoms with van der Waals surface area (Å²) < 4.78 is 0. The lowest BCUT2D eigenvalue weighted by Gasteiger charge is -2.07. The first kappa shape index (κ1) is 12.4. The zero-order valence-corrected chi connectivity index (χ0v) is 10.6. The van der Waals surface area contributed by atoms with Crippen LogP contribution >= 0.6 is 11.8 Å². The van der Waals surface area contributed by atoms with Crippen LogP contribution in [-0.4, -0.2) is 17.3 Å². The van der Waals surface area contributed by atoms with E-state index in [4.69, 9.17) is 0 Å². The van der Waals surface area contributed by atoms with Crippen LogP contribution in [0.5, 0.6) is 0 Å². The van der Waals surface area contributed by atoms with Crippen LogP contribution < -0.4 is 5.32 Å². The number of hydrogen-bond donors (Lipinski definition) is 1. The summed E-state index contributed by atoms with van der Waals surface area (Å²) in [4.78, 5) is 4.53. The minimum Gasteiger partial charge on any atom is -0.370 e. The average molecular weight is 224 g/mol. The maximum atomic E-state index is 4.53. The van der Waals surface area contributed by atoms with Gasteiger partial charge in [-0.1, -0.05) is 26.8 Å². The third-order valence-corrected chi connectivity index (χ3v) is 3.20. The van der Waals surface area contributed by atoms with E-state index in [0.717, 1.165) is 29.6 Å². The smallest absolute Gasteiger partial charge is 0.127 e. The molecule has 15 heavy (non-hydrogen) atoms. The van der Waals surface area contributed by atoms with E-state index in [1.807, 2.05) is 17.8 Å². The third kappa shape index (κ3) is 5.07. The van der Waals surface area contributed by atoms with Gasteiger partial charge in [0.2, 0.25) is 0 Å². The fourth-order valence-corrected chi connectivity index (χ4v) is 1.94. The molecule has 0 aliphatic carbocycles. The van der Waals surface area contributed by atoms with E-state index in [-0.39, 0.29) is 0 Å². The number of thioether (sulfide) groups is 1. The number of nitrogens with zero attached hydrogens (tertiary/aromatic N) is 1. The molecule has 2 nitrogen and oxygen atoms in total. The van der Waals surface area contributed by atoms with Gasteiger partial charge in [-0.3, -0.25) is 0 Å². The Morgan fingerprint density at radius 3 is 2.87 bits per heavy atom. The van der Waals surface area contributed by atoms with Crippen LogP contribution in [0.15, 0.2) is 23.2 Å². The average Bonchev–Trinajstić information content (AvgIpc) is 2.24. The summed E-state index contributed by atoms with van der Waals surface area (Å²) in [6, 6.07) is 6.16. The maximum Gasteiger partial charge on any atom is 0.127 e. The van der Waals surface area contributed by atoms with Gasteiger partial charge < -0.3 is 5.32 Å². The van der Waals surface area contributed by atoms with E-state index in [1.165, 1.54) is 0 Å². The Bertz CT molecular complexity index is 287. The van der Waals surface area contributed by atoms with E-state index in [2.05, 4.69) is 43.2 Å². The van der Waals surface area contributed by atoms with Crippen LogP contribution in [0, 0.1) is 5.92 Å². The van der Waals surface area contributed by atoms with Gasteiger partial charge in [0.1, 0.15) is 5.82 Å². The molecular formula is C12H20N2S. The summed E-state index contributed by atoms with van der Waals surface area (Å²) in [6.07, 6.45) is 1.13. The highest BCUT2D eigenvalue weighted by atomic mass is 32.2. The van der Waals surface area contributed by atoms with Gasteiger partial charge in [0.15, 0.2) is 0 Å². The number of hydrogen-bond acceptors (Lipinski definition) is 3. The topological polar surface area (TPSA) is 24.9 Å². The summed E-state index contributed by atoms with van der Waals surface area (Å²) >= 11 is 1.83. The van der Waals surface area contributed by atoms with Gasteiger partial charge in [-0.05, 0) is 24.5 Å². The van der Waals surface area contributed by atoms with Crippen molar-refractivity contribution >= 4 is 17.6 Å². The molecule has 1 N–H and O–H groups in total. The predicted octanol–water partition coefficient (Wildman–Crippen LogP) is 3.65. The lowest BCUT2D eigenvalue weighted by atomic mass is 10.3. The van der Waals surface area contributed by atoms with Gasteiger partial charge in [0.25, 0.3) is 0 Å². The summed E-state index contributed by atoms with van der Waals surface area (Å²) in [5.74, 6) is 2.83. The first-order chi connectivity index (χ1) is 7.22. The highest BCUT2D eigenvalue weighted by molar-refractivity contribution is 7.99. The molecule has 0 bridgehead atoms. The molecule has 0 spiro atoms. The monoisotopic (exact) mass is 224 g/mol. The Morgan fingerprint density at radius 2 is 2.20 bits per heavy atom. The lowest BCUT2D eigenvalue weighted by molar-refractivity contribution is 0.749. The number of rotatable bonds is 6. The van der Waals surface area contributed by atoms with Crippen molar-refractivity contribution in [1.29, 1.82) is 0 Å². The zero-order valence-electron chi connectivity index (χ0n) is 9.79. The molecule has 1 rings (SSSR count). The fourth-order valence-electron chi connectivity index (χ4n) is 1.10. The third-order valence-electron chi connectivity index (χ3n) is 1.84. The second-order valence-corrected chi connectivity index (χ2v) is 5.03. The molecule has 0 saturated heterocycles. The molecule has 3 heteroatoms. The Kier molecular flexibility index (Phi) is 5.54. The Morgan fingerprint density at radius 1 is 1.40 bits per heavy atom. The van der Waals surface area contributed by atoms with Crippen molar-refractivity contribution in [1.82, 2.24) is 4.98 Å². The molecule has 0 atom stereocenters. The maximum absolute atomic E-state index is 4.53. The molecule has 0 radical (unpaired) electrons. The summed E-state index contributed by atoms with van der Waals surface area (Å²) in [5.41, 5.74) is 0. The largest absolute Gasteiger partial charge is 0.370 e. The molecule has 0 aliphatic heterocycles. The zero-order chi connectivity index (χ0) is 11.1. The molecular weight excluding hydrogens is 204 g/mol. The van der Waals surface area contributed by atoms with Gasteiger partial charge in [0, 0.05) is 12.3 Å². The van der Waals surface area contributed by atoms with Crippen molar-refractivity contribution in [2.75, 3.05) is 17.6 Å². The Hall–Kier alpha value is -0.700. The van der Waals surface area contributed by atoms with Crippen molar-refractivity contribution in [3.8, 4) is 0 Å². The van der Waals surface area contributed by atoms with Crippen molar-refractivity contribution in [3.05, 3.63) is 18.2 Å².